The maximum absolute atomic E-state index is 7.03. The molecule has 212 valence electrons. The van der Waals surface area contributed by atoms with Crippen LogP contribution in [0.1, 0.15) is 60.6 Å². The highest BCUT2D eigenvalue weighted by atomic mass is 35.5. The van der Waals surface area contributed by atoms with Gasteiger partial charge in [-0.3, -0.25) is 9.97 Å². The van der Waals surface area contributed by atoms with Crippen LogP contribution in [-0.2, 0) is 6.54 Å². The van der Waals surface area contributed by atoms with Crippen LogP contribution in [0.4, 0.5) is 11.4 Å². The first kappa shape index (κ1) is 27.7. The van der Waals surface area contributed by atoms with Crippen molar-refractivity contribution in [2.75, 3.05) is 22.9 Å². The molecule has 0 amide bonds. The highest BCUT2D eigenvalue weighted by Gasteiger charge is 2.42. The number of hydrogen-bond donors (Lipinski definition) is 1. The summed E-state index contributed by atoms with van der Waals surface area (Å²) in [4.78, 5) is 13.6. The summed E-state index contributed by atoms with van der Waals surface area (Å²) in [6, 6.07) is 18.7. The fourth-order valence-electron chi connectivity index (χ4n) is 6.75. The molecule has 41 heavy (non-hydrogen) atoms. The van der Waals surface area contributed by atoms with E-state index in [4.69, 9.17) is 28.8 Å². The molecule has 0 radical (unpaired) electrons. The zero-order valence-electron chi connectivity index (χ0n) is 24.1. The summed E-state index contributed by atoms with van der Waals surface area (Å²) in [5.41, 5.74) is 7.89. The van der Waals surface area contributed by atoms with Crippen molar-refractivity contribution < 1.29 is 0 Å². The Labute approximate surface area is 253 Å². The number of piperidine rings is 1. The van der Waals surface area contributed by atoms with Crippen LogP contribution in [0, 0.1) is 25.7 Å². The van der Waals surface area contributed by atoms with Crippen LogP contribution >= 0.6 is 23.8 Å². The van der Waals surface area contributed by atoms with E-state index in [0.29, 0.717) is 16.9 Å². The summed E-state index contributed by atoms with van der Waals surface area (Å²) in [6.07, 6.45) is 6.80. The van der Waals surface area contributed by atoms with Crippen molar-refractivity contribution in [2.24, 2.45) is 11.8 Å². The summed E-state index contributed by atoms with van der Waals surface area (Å²) < 4.78 is 2.37. The predicted octanol–water partition coefficient (Wildman–Crippen LogP) is 7.26. The fraction of sp³-hybridized carbons (Fsp3) is 0.364. The number of thiocarbonyl (C=S) groups is 1. The standard InChI is InChI=1S/C33H37ClN6S/c1-21-15-22(2)19-38(18-21)30-9-8-26(17-28(30)34)40-32(31(37-33(40)41)29-7-5-6-12-36-29)27-16-23(3)39(24(27)4)20-25-10-13-35-14-11-25/h5-14,16-17,21-22,31-32H,15,18-20H2,1-4H3,(H,37,41). The Morgan fingerprint density at radius 2 is 1.73 bits per heavy atom. The molecule has 3 aromatic heterocycles. The van der Waals surface area contributed by atoms with Crippen molar-refractivity contribution in [3.05, 3.63) is 106 Å². The van der Waals surface area contributed by atoms with Gasteiger partial charge in [0.05, 0.1) is 28.5 Å². The number of halogens is 1. The van der Waals surface area contributed by atoms with Crippen molar-refractivity contribution in [3.8, 4) is 0 Å². The number of pyridine rings is 2. The fourth-order valence-corrected chi connectivity index (χ4v) is 7.39. The van der Waals surface area contributed by atoms with E-state index >= 15 is 0 Å². The first-order chi connectivity index (χ1) is 19.8. The van der Waals surface area contributed by atoms with Crippen LogP contribution in [0.25, 0.3) is 0 Å². The largest absolute Gasteiger partial charge is 0.370 e. The summed E-state index contributed by atoms with van der Waals surface area (Å²) >= 11 is 13.0. The van der Waals surface area contributed by atoms with Gasteiger partial charge in [-0.05, 0) is 104 Å². The zero-order valence-corrected chi connectivity index (χ0v) is 25.7. The van der Waals surface area contributed by atoms with Crippen molar-refractivity contribution in [3.63, 3.8) is 0 Å². The van der Waals surface area contributed by atoms with Gasteiger partial charge in [-0.25, -0.2) is 0 Å². The van der Waals surface area contributed by atoms with E-state index < -0.39 is 0 Å². The molecule has 4 aromatic rings. The van der Waals surface area contributed by atoms with Gasteiger partial charge in [0.25, 0.3) is 0 Å². The van der Waals surface area contributed by atoms with Gasteiger partial charge in [-0.1, -0.05) is 31.5 Å². The molecule has 8 heteroatoms. The lowest BCUT2D eigenvalue weighted by atomic mass is 9.91. The lowest BCUT2D eigenvalue weighted by Crippen LogP contribution is -2.38. The minimum Gasteiger partial charge on any atom is -0.370 e. The SMILES string of the molecule is Cc1cc(C2C(c3ccccn3)NC(=S)N2c2ccc(N3CC(C)CC(C)C3)c(Cl)c2)c(C)n1Cc1ccncc1. The van der Waals surface area contributed by atoms with E-state index in [0.717, 1.165) is 41.7 Å². The smallest absolute Gasteiger partial charge is 0.174 e. The lowest BCUT2D eigenvalue weighted by Gasteiger charge is -2.37. The number of rotatable bonds is 6. The second-order valence-electron chi connectivity index (χ2n) is 11.8. The molecule has 0 saturated carbocycles. The van der Waals surface area contributed by atoms with E-state index in [1.807, 2.05) is 30.7 Å². The van der Waals surface area contributed by atoms with E-state index in [2.05, 4.69) is 94.8 Å². The molecule has 2 aliphatic rings. The van der Waals surface area contributed by atoms with Crippen LogP contribution < -0.4 is 15.1 Å². The lowest BCUT2D eigenvalue weighted by molar-refractivity contribution is 0.357. The van der Waals surface area contributed by atoms with Gasteiger partial charge in [0.1, 0.15) is 0 Å². The Kier molecular flexibility index (Phi) is 7.75. The third-order valence-corrected chi connectivity index (χ3v) is 9.16. The Bertz CT molecular complexity index is 1530. The number of aromatic nitrogens is 3. The highest BCUT2D eigenvalue weighted by molar-refractivity contribution is 7.80. The van der Waals surface area contributed by atoms with Crippen LogP contribution in [0.2, 0.25) is 5.02 Å². The zero-order chi connectivity index (χ0) is 28.7. The molecule has 1 aromatic carbocycles. The summed E-state index contributed by atoms with van der Waals surface area (Å²) in [7, 11) is 0. The number of benzene rings is 1. The van der Waals surface area contributed by atoms with E-state index in [-0.39, 0.29) is 12.1 Å². The second-order valence-corrected chi connectivity index (χ2v) is 12.5. The maximum atomic E-state index is 7.03. The number of anilines is 2. The monoisotopic (exact) mass is 584 g/mol. The first-order valence-corrected chi connectivity index (χ1v) is 15.2. The normalized spacial score (nSPS) is 22.7. The van der Waals surface area contributed by atoms with Gasteiger partial charge in [-0.2, -0.15) is 0 Å². The summed E-state index contributed by atoms with van der Waals surface area (Å²) in [5.74, 6) is 1.30. The first-order valence-electron chi connectivity index (χ1n) is 14.4. The van der Waals surface area contributed by atoms with Gasteiger partial charge in [0.15, 0.2) is 5.11 Å². The van der Waals surface area contributed by atoms with E-state index in [1.165, 1.54) is 28.9 Å². The number of nitrogens with one attached hydrogen (secondary N) is 1. The molecule has 0 bridgehead atoms. The minimum absolute atomic E-state index is 0.0910. The number of hydrogen-bond acceptors (Lipinski definition) is 4. The van der Waals surface area contributed by atoms with Gasteiger partial charge in [0, 0.05) is 55.3 Å². The van der Waals surface area contributed by atoms with Crippen LogP contribution in [0.5, 0.6) is 0 Å². The molecule has 5 heterocycles. The molecule has 1 N–H and O–H groups in total. The molecule has 6 rings (SSSR count). The molecule has 4 unspecified atom stereocenters. The average Bonchev–Trinajstić information content (AvgIpc) is 3.44. The molecule has 6 nitrogen and oxygen atoms in total. The Morgan fingerprint density at radius 3 is 2.41 bits per heavy atom. The molecular weight excluding hydrogens is 548 g/mol. The molecule has 2 aliphatic heterocycles. The average molecular weight is 585 g/mol. The van der Waals surface area contributed by atoms with Crippen molar-refractivity contribution in [1.29, 1.82) is 0 Å². The molecule has 2 fully saturated rings. The van der Waals surface area contributed by atoms with Crippen molar-refractivity contribution in [2.45, 2.75) is 52.7 Å². The quantitative estimate of drug-likeness (QED) is 0.241. The molecular formula is C33H37ClN6S. The van der Waals surface area contributed by atoms with Crippen molar-refractivity contribution >= 4 is 40.3 Å². The van der Waals surface area contributed by atoms with Crippen molar-refractivity contribution in [1.82, 2.24) is 19.9 Å². The summed E-state index contributed by atoms with van der Waals surface area (Å²) in [5, 5.41) is 5.04. The second kappa shape index (κ2) is 11.5. The van der Waals surface area contributed by atoms with Gasteiger partial charge in [-0.15, -0.1) is 0 Å². The van der Waals surface area contributed by atoms with E-state index in [1.54, 1.807) is 0 Å². The number of nitrogens with zero attached hydrogens (tertiary/aromatic N) is 5. The van der Waals surface area contributed by atoms with Crippen LogP contribution in [0.15, 0.2) is 73.2 Å². The predicted molar refractivity (Wildman–Crippen MR) is 172 cm³/mol. The Morgan fingerprint density at radius 1 is 0.976 bits per heavy atom. The highest BCUT2D eigenvalue weighted by Crippen LogP contribution is 2.45. The van der Waals surface area contributed by atoms with Gasteiger partial charge >= 0.3 is 0 Å². The van der Waals surface area contributed by atoms with Gasteiger partial charge in [0.2, 0.25) is 0 Å². The molecule has 0 aliphatic carbocycles. The minimum atomic E-state index is -0.110. The van der Waals surface area contributed by atoms with Gasteiger partial charge < -0.3 is 19.7 Å². The maximum Gasteiger partial charge on any atom is 0.174 e. The molecule has 0 spiro atoms. The topological polar surface area (TPSA) is 49.2 Å². The summed E-state index contributed by atoms with van der Waals surface area (Å²) in [6.45, 7) is 11.9. The van der Waals surface area contributed by atoms with Crippen LogP contribution in [-0.4, -0.2) is 32.7 Å². The third-order valence-electron chi connectivity index (χ3n) is 8.54. The molecule has 2 saturated heterocycles. The Hall–Kier alpha value is -3.42. The Balaban J connectivity index is 1.40. The molecule has 4 atom stereocenters. The van der Waals surface area contributed by atoms with Crippen LogP contribution in [0.3, 0.4) is 0 Å². The third kappa shape index (κ3) is 5.45. The number of aryl methyl sites for hydroxylation is 1. The van der Waals surface area contributed by atoms with E-state index in [9.17, 15) is 0 Å².